The van der Waals surface area contributed by atoms with Crippen LogP contribution in [0.1, 0.15) is 55.8 Å². The maximum Gasteiger partial charge on any atom is 0.321 e. The van der Waals surface area contributed by atoms with E-state index in [4.69, 9.17) is 4.74 Å². The number of nitrogens with zero attached hydrogens (tertiary/aromatic N) is 1. The molecule has 0 aliphatic heterocycles. The lowest BCUT2D eigenvalue weighted by atomic mass is 9.91. The minimum atomic E-state index is -0.568. The van der Waals surface area contributed by atoms with E-state index in [1.807, 2.05) is 52.0 Å². The van der Waals surface area contributed by atoms with Crippen molar-refractivity contribution in [3.8, 4) is 0 Å². The van der Waals surface area contributed by atoms with Gasteiger partial charge in [-0.05, 0) is 64.2 Å². The van der Waals surface area contributed by atoms with Crippen LogP contribution < -0.4 is 10.6 Å². The third-order valence-electron chi connectivity index (χ3n) is 5.28. The normalized spacial score (nSPS) is 15.8. The first kappa shape index (κ1) is 22.0. The highest BCUT2D eigenvalue weighted by atomic mass is 32.1. The van der Waals surface area contributed by atoms with Crippen LogP contribution in [-0.2, 0) is 27.9 Å². The van der Waals surface area contributed by atoms with Gasteiger partial charge in [0.2, 0.25) is 0 Å². The van der Waals surface area contributed by atoms with E-state index in [0.29, 0.717) is 18.2 Å². The zero-order chi connectivity index (χ0) is 21.9. The monoisotopic (exact) mass is 427 g/mol. The van der Waals surface area contributed by atoms with Crippen molar-refractivity contribution in [1.29, 1.82) is 0 Å². The van der Waals surface area contributed by atoms with Crippen LogP contribution in [0.15, 0.2) is 30.8 Å². The molecule has 160 valence electrons. The summed E-state index contributed by atoms with van der Waals surface area (Å²) in [5.41, 5.74) is 3.41. The number of anilines is 1. The second-order valence-corrected chi connectivity index (χ2v) is 9.23. The van der Waals surface area contributed by atoms with Crippen molar-refractivity contribution >= 4 is 34.0 Å². The number of urea groups is 1. The molecule has 3 rings (SSSR count). The fraction of sp³-hybridized carbons (Fsp3) is 0.435. The van der Waals surface area contributed by atoms with Gasteiger partial charge in [-0.25, -0.2) is 9.78 Å². The van der Waals surface area contributed by atoms with Gasteiger partial charge in [0.15, 0.2) is 5.13 Å². The predicted molar refractivity (Wildman–Crippen MR) is 121 cm³/mol. The van der Waals surface area contributed by atoms with Crippen molar-refractivity contribution in [2.24, 2.45) is 5.92 Å². The number of rotatable bonds is 6. The minimum Gasteiger partial charge on any atom is -0.466 e. The molecule has 1 aliphatic rings. The van der Waals surface area contributed by atoms with Crippen LogP contribution in [-0.4, -0.2) is 23.6 Å². The first-order valence-electron chi connectivity index (χ1n) is 10.2. The summed E-state index contributed by atoms with van der Waals surface area (Å²) in [5.74, 6) is -0.276. The Balaban J connectivity index is 1.65. The van der Waals surface area contributed by atoms with E-state index in [2.05, 4.69) is 22.2 Å². The average Bonchev–Trinajstić information content (AvgIpc) is 3.08. The maximum absolute atomic E-state index is 12.6. The highest BCUT2D eigenvalue weighted by Crippen LogP contribution is 2.33. The molecule has 1 aromatic carbocycles. The van der Waals surface area contributed by atoms with Crippen molar-refractivity contribution in [2.45, 2.75) is 52.5 Å². The molecule has 1 heterocycles. The van der Waals surface area contributed by atoms with E-state index in [1.165, 1.54) is 11.3 Å². The Morgan fingerprint density at radius 2 is 2.13 bits per heavy atom. The summed E-state index contributed by atoms with van der Waals surface area (Å²) in [6.07, 6.45) is 2.07. The number of fused-ring (bicyclic) bond motifs is 1. The smallest absolute Gasteiger partial charge is 0.321 e. The molecule has 0 radical (unpaired) electrons. The average molecular weight is 428 g/mol. The number of aromatic nitrogens is 1. The van der Waals surface area contributed by atoms with Gasteiger partial charge in [-0.3, -0.25) is 10.1 Å². The number of esters is 1. The van der Waals surface area contributed by atoms with Crippen LogP contribution in [0, 0.1) is 5.92 Å². The molecule has 0 spiro atoms. The molecular weight excluding hydrogens is 398 g/mol. The second-order valence-electron chi connectivity index (χ2n) is 8.15. The Labute approximate surface area is 181 Å². The predicted octanol–water partition coefficient (Wildman–Crippen LogP) is 4.90. The van der Waals surface area contributed by atoms with Crippen LogP contribution in [0.4, 0.5) is 9.93 Å². The van der Waals surface area contributed by atoms with Crippen molar-refractivity contribution in [3.63, 3.8) is 0 Å². The van der Waals surface area contributed by atoms with Gasteiger partial charge in [0.25, 0.3) is 0 Å². The van der Waals surface area contributed by atoms with Gasteiger partial charge in [0.1, 0.15) is 0 Å². The number of benzene rings is 1. The molecule has 0 fully saturated rings. The lowest BCUT2D eigenvalue weighted by Crippen LogP contribution is -2.43. The topological polar surface area (TPSA) is 80.3 Å². The van der Waals surface area contributed by atoms with E-state index in [1.54, 1.807) is 0 Å². The largest absolute Gasteiger partial charge is 0.466 e. The number of hydrogen-bond donors (Lipinski definition) is 2. The van der Waals surface area contributed by atoms with Gasteiger partial charge >= 0.3 is 12.0 Å². The van der Waals surface area contributed by atoms with Gasteiger partial charge in [-0.1, -0.05) is 30.4 Å². The number of nitrogens with one attached hydrogen (secondary N) is 2. The highest BCUT2D eigenvalue weighted by molar-refractivity contribution is 7.15. The minimum absolute atomic E-state index is 0.126. The third kappa shape index (κ3) is 5.08. The first-order chi connectivity index (χ1) is 14.2. The number of carbonyl (C=O) groups is 2. The molecule has 2 N–H and O–H groups in total. The molecule has 0 saturated heterocycles. The molecule has 2 aromatic rings. The number of aryl methyl sites for hydroxylation is 1. The number of thiazole rings is 1. The lowest BCUT2D eigenvalue weighted by molar-refractivity contribution is -0.148. The van der Waals surface area contributed by atoms with Crippen LogP contribution in [0.25, 0.3) is 5.57 Å². The number of allylic oxidation sites excluding steroid dienone is 1. The van der Waals surface area contributed by atoms with Crippen LogP contribution >= 0.6 is 11.3 Å². The molecule has 0 saturated carbocycles. The van der Waals surface area contributed by atoms with E-state index >= 15 is 0 Å². The number of ether oxygens (including phenoxy) is 1. The van der Waals surface area contributed by atoms with Gasteiger partial charge in [-0.15, -0.1) is 11.3 Å². The summed E-state index contributed by atoms with van der Waals surface area (Å²) in [6, 6.07) is 7.69. The summed E-state index contributed by atoms with van der Waals surface area (Å²) in [7, 11) is 0. The summed E-state index contributed by atoms with van der Waals surface area (Å²) in [6.45, 7) is 12.1. The second kappa shape index (κ2) is 9.00. The molecule has 7 heteroatoms. The van der Waals surface area contributed by atoms with Gasteiger partial charge in [-0.2, -0.15) is 0 Å². The van der Waals surface area contributed by atoms with Crippen molar-refractivity contribution in [2.75, 3.05) is 11.9 Å². The van der Waals surface area contributed by atoms with Gasteiger partial charge in [0.05, 0.1) is 23.8 Å². The number of amides is 2. The third-order valence-corrected chi connectivity index (χ3v) is 6.32. The molecule has 30 heavy (non-hydrogen) atoms. The Morgan fingerprint density at radius 1 is 1.37 bits per heavy atom. The quantitative estimate of drug-likeness (QED) is 0.643. The summed E-state index contributed by atoms with van der Waals surface area (Å²) < 4.78 is 5.15. The lowest BCUT2D eigenvalue weighted by Gasteiger charge is -2.27. The van der Waals surface area contributed by atoms with E-state index in [0.717, 1.165) is 40.1 Å². The Kier molecular flexibility index (Phi) is 6.61. The SMILES string of the molecule is C=C(C)c1cccc(C(C)(C)NC(=O)Nc2nc3c(s2)CC(C(=O)OCC)CC3)c1. The summed E-state index contributed by atoms with van der Waals surface area (Å²) in [4.78, 5) is 30.3. The first-order valence-corrected chi connectivity index (χ1v) is 11.0. The molecule has 1 aliphatic carbocycles. The molecule has 2 amide bonds. The van der Waals surface area contributed by atoms with E-state index in [-0.39, 0.29) is 17.9 Å². The standard InChI is InChI=1S/C23H29N3O3S/c1-6-29-20(27)16-10-11-18-19(13-16)30-22(24-18)25-21(28)26-23(4,5)17-9-7-8-15(12-17)14(2)3/h7-9,12,16H,2,6,10-11,13H2,1,3-5H3,(H2,24,25,26,28). The molecule has 0 bridgehead atoms. The van der Waals surface area contributed by atoms with Gasteiger partial charge in [0, 0.05) is 4.88 Å². The van der Waals surface area contributed by atoms with Crippen molar-refractivity contribution in [3.05, 3.63) is 52.5 Å². The van der Waals surface area contributed by atoms with Crippen molar-refractivity contribution in [1.82, 2.24) is 10.3 Å². The van der Waals surface area contributed by atoms with E-state index < -0.39 is 5.54 Å². The molecular formula is C23H29N3O3S. The number of carbonyl (C=O) groups excluding carboxylic acids is 2. The highest BCUT2D eigenvalue weighted by Gasteiger charge is 2.29. The Hall–Kier alpha value is -2.67. The van der Waals surface area contributed by atoms with E-state index in [9.17, 15) is 9.59 Å². The molecule has 6 nitrogen and oxygen atoms in total. The van der Waals surface area contributed by atoms with Crippen molar-refractivity contribution < 1.29 is 14.3 Å². The summed E-state index contributed by atoms with van der Waals surface area (Å²) in [5, 5.41) is 6.43. The van der Waals surface area contributed by atoms with Crippen LogP contribution in [0.3, 0.4) is 0 Å². The fourth-order valence-corrected chi connectivity index (χ4v) is 4.63. The number of hydrogen-bond acceptors (Lipinski definition) is 5. The molecule has 1 atom stereocenters. The fourth-order valence-electron chi connectivity index (χ4n) is 3.55. The molecule has 1 aromatic heterocycles. The Morgan fingerprint density at radius 3 is 2.83 bits per heavy atom. The van der Waals surface area contributed by atoms with Crippen LogP contribution in [0.2, 0.25) is 0 Å². The van der Waals surface area contributed by atoms with Crippen LogP contribution in [0.5, 0.6) is 0 Å². The molecule has 1 unspecified atom stereocenters. The van der Waals surface area contributed by atoms with Gasteiger partial charge < -0.3 is 10.1 Å². The zero-order valence-electron chi connectivity index (χ0n) is 18.0. The zero-order valence-corrected chi connectivity index (χ0v) is 18.8. The summed E-state index contributed by atoms with van der Waals surface area (Å²) >= 11 is 1.43. The Bertz CT molecular complexity index is 964. The maximum atomic E-state index is 12.6.